The molecule has 0 aliphatic heterocycles. The fourth-order valence-electron chi connectivity index (χ4n) is 2.35. The first kappa shape index (κ1) is 16.7. The number of anilines is 1. The summed E-state index contributed by atoms with van der Waals surface area (Å²) >= 11 is 1.47. The molecule has 0 aliphatic rings. The zero-order valence-electron chi connectivity index (χ0n) is 13.4. The first-order chi connectivity index (χ1) is 11.3. The minimum absolute atomic E-state index is 0.178. The van der Waals surface area contributed by atoms with E-state index in [2.05, 4.69) is 9.71 Å². The van der Waals surface area contributed by atoms with Crippen LogP contribution in [0.5, 0.6) is 0 Å². The van der Waals surface area contributed by atoms with Crippen molar-refractivity contribution in [2.24, 2.45) is 7.05 Å². The van der Waals surface area contributed by atoms with Crippen LogP contribution in [0.15, 0.2) is 40.6 Å². The number of benzene rings is 1. The Labute approximate surface area is 143 Å². The molecule has 8 heteroatoms. The van der Waals surface area contributed by atoms with Gasteiger partial charge in [0.25, 0.3) is 10.0 Å². The van der Waals surface area contributed by atoms with E-state index in [4.69, 9.17) is 0 Å². The molecule has 0 bridgehead atoms. The second kappa shape index (κ2) is 6.03. The van der Waals surface area contributed by atoms with E-state index in [-0.39, 0.29) is 4.90 Å². The third-order valence-electron chi connectivity index (χ3n) is 3.71. The molecule has 0 amide bonds. The molecule has 0 atom stereocenters. The fourth-order valence-corrected chi connectivity index (χ4v) is 4.55. The summed E-state index contributed by atoms with van der Waals surface area (Å²) in [6, 6.07) is 6.80. The minimum Gasteiger partial charge on any atom is -0.345 e. The third kappa shape index (κ3) is 3.07. The van der Waals surface area contributed by atoms with Crippen molar-refractivity contribution < 1.29 is 12.8 Å². The molecule has 126 valence electrons. The number of rotatable bonds is 4. The molecule has 5 nitrogen and oxygen atoms in total. The van der Waals surface area contributed by atoms with Gasteiger partial charge < -0.3 is 4.57 Å². The second-order valence-electron chi connectivity index (χ2n) is 5.44. The molecule has 2 heterocycles. The van der Waals surface area contributed by atoms with Crippen LogP contribution < -0.4 is 4.72 Å². The summed E-state index contributed by atoms with van der Waals surface area (Å²) in [5.74, 6) is -0.421. The zero-order chi connectivity index (χ0) is 17.5. The maximum atomic E-state index is 13.0. The SMILES string of the molecule is Cc1csc(-c2cc(S(=O)(=O)Nc3ccc(F)cc3)c(C)n2C)n1. The van der Waals surface area contributed by atoms with Gasteiger partial charge in [-0.3, -0.25) is 4.72 Å². The quantitative estimate of drug-likeness (QED) is 0.767. The summed E-state index contributed by atoms with van der Waals surface area (Å²) in [5, 5.41) is 2.68. The first-order valence-corrected chi connectivity index (χ1v) is 9.51. The van der Waals surface area contributed by atoms with E-state index in [9.17, 15) is 12.8 Å². The molecule has 24 heavy (non-hydrogen) atoms. The lowest BCUT2D eigenvalue weighted by atomic mass is 10.3. The van der Waals surface area contributed by atoms with Crippen molar-refractivity contribution in [1.29, 1.82) is 0 Å². The van der Waals surface area contributed by atoms with Gasteiger partial charge in [0.15, 0.2) is 0 Å². The number of hydrogen-bond donors (Lipinski definition) is 1. The zero-order valence-corrected chi connectivity index (χ0v) is 15.0. The van der Waals surface area contributed by atoms with Gasteiger partial charge in [-0.15, -0.1) is 11.3 Å². The van der Waals surface area contributed by atoms with Crippen LogP contribution in [0.4, 0.5) is 10.1 Å². The first-order valence-electron chi connectivity index (χ1n) is 7.15. The highest BCUT2D eigenvalue weighted by Gasteiger charge is 2.23. The monoisotopic (exact) mass is 365 g/mol. The number of hydrogen-bond acceptors (Lipinski definition) is 4. The Bertz CT molecular complexity index is 989. The highest BCUT2D eigenvalue weighted by molar-refractivity contribution is 7.92. The number of aromatic nitrogens is 2. The van der Waals surface area contributed by atoms with Crippen LogP contribution in [0, 0.1) is 19.7 Å². The Kier molecular flexibility index (Phi) is 4.18. The van der Waals surface area contributed by atoms with E-state index in [0.717, 1.165) is 16.4 Å². The largest absolute Gasteiger partial charge is 0.345 e. The number of aryl methyl sites for hydroxylation is 1. The lowest BCUT2D eigenvalue weighted by Crippen LogP contribution is -2.13. The third-order valence-corrected chi connectivity index (χ3v) is 6.19. The van der Waals surface area contributed by atoms with Crippen molar-refractivity contribution in [1.82, 2.24) is 9.55 Å². The minimum atomic E-state index is -3.78. The molecular weight excluding hydrogens is 349 g/mol. The van der Waals surface area contributed by atoms with Crippen molar-refractivity contribution >= 4 is 27.0 Å². The van der Waals surface area contributed by atoms with Gasteiger partial charge >= 0.3 is 0 Å². The van der Waals surface area contributed by atoms with Gasteiger partial charge in [-0.05, 0) is 44.2 Å². The smallest absolute Gasteiger partial charge is 0.263 e. The highest BCUT2D eigenvalue weighted by Crippen LogP contribution is 2.30. The van der Waals surface area contributed by atoms with Crippen LogP contribution in [0.25, 0.3) is 10.7 Å². The maximum Gasteiger partial charge on any atom is 0.263 e. The Morgan fingerprint density at radius 3 is 2.46 bits per heavy atom. The summed E-state index contributed by atoms with van der Waals surface area (Å²) < 4.78 is 42.6. The normalized spacial score (nSPS) is 11.7. The average Bonchev–Trinajstić information content (AvgIpc) is 3.07. The van der Waals surface area contributed by atoms with Crippen molar-refractivity contribution in [3.8, 4) is 10.7 Å². The standard InChI is InChI=1S/C16H16FN3O2S2/c1-10-9-23-16(18-10)14-8-15(11(2)20(14)3)24(21,22)19-13-6-4-12(17)5-7-13/h4-9,19H,1-3H3. The summed E-state index contributed by atoms with van der Waals surface area (Å²) in [7, 11) is -1.97. The van der Waals surface area contributed by atoms with Crippen molar-refractivity contribution in [2.75, 3.05) is 4.72 Å². The number of nitrogens with zero attached hydrogens (tertiary/aromatic N) is 2. The molecule has 3 rings (SSSR count). The number of halogens is 1. The fraction of sp³-hybridized carbons (Fsp3) is 0.188. The Hall–Kier alpha value is -2.19. The summed E-state index contributed by atoms with van der Waals surface area (Å²) in [4.78, 5) is 4.59. The van der Waals surface area contributed by atoms with E-state index in [0.29, 0.717) is 11.4 Å². The van der Waals surface area contributed by atoms with Crippen molar-refractivity contribution in [3.05, 3.63) is 52.9 Å². The van der Waals surface area contributed by atoms with Crippen LogP contribution >= 0.6 is 11.3 Å². The molecule has 3 aromatic rings. The molecule has 2 aromatic heterocycles. The van der Waals surface area contributed by atoms with E-state index in [1.54, 1.807) is 24.6 Å². The molecule has 0 radical (unpaired) electrons. The topological polar surface area (TPSA) is 64.0 Å². The molecule has 0 saturated carbocycles. The molecule has 0 saturated heterocycles. The summed E-state index contributed by atoms with van der Waals surface area (Å²) in [6.45, 7) is 3.63. The number of sulfonamides is 1. The van der Waals surface area contributed by atoms with Crippen LogP contribution in [0.2, 0.25) is 0 Å². The van der Waals surface area contributed by atoms with E-state index >= 15 is 0 Å². The van der Waals surface area contributed by atoms with Crippen LogP contribution in [-0.4, -0.2) is 18.0 Å². The molecule has 1 aromatic carbocycles. The molecular formula is C16H16FN3O2S2. The molecule has 0 unspecified atom stereocenters. The Morgan fingerprint density at radius 1 is 1.21 bits per heavy atom. The van der Waals surface area contributed by atoms with Gasteiger partial charge in [0, 0.05) is 29.5 Å². The average molecular weight is 365 g/mol. The van der Waals surface area contributed by atoms with Gasteiger partial charge in [-0.1, -0.05) is 0 Å². The highest BCUT2D eigenvalue weighted by atomic mass is 32.2. The van der Waals surface area contributed by atoms with Gasteiger partial charge in [0.2, 0.25) is 0 Å². The van der Waals surface area contributed by atoms with Crippen molar-refractivity contribution in [2.45, 2.75) is 18.7 Å². The van der Waals surface area contributed by atoms with E-state index in [1.165, 1.54) is 35.6 Å². The van der Waals surface area contributed by atoms with Crippen LogP contribution in [0.3, 0.4) is 0 Å². The van der Waals surface area contributed by atoms with Gasteiger partial charge in [-0.25, -0.2) is 17.8 Å². The molecule has 1 N–H and O–H groups in total. The number of nitrogens with one attached hydrogen (secondary N) is 1. The Morgan fingerprint density at radius 2 is 1.88 bits per heavy atom. The van der Waals surface area contributed by atoms with Gasteiger partial charge in [-0.2, -0.15) is 0 Å². The lowest BCUT2D eigenvalue weighted by molar-refractivity contribution is 0.600. The maximum absolute atomic E-state index is 13.0. The summed E-state index contributed by atoms with van der Waals surface area (Å²) in [6.07, 6.45) is 0. The number of thiazole rings is 1. The second-order valence-corrected chi connectivity index (χ2v) is 7.95. The lowest BCUT2D eigenvalue weighted by Gasteiger charge is -2.08. The van der Waals surface area contributed by atoms with Crippen molar-refractivity contribution in [3.63, 3.8) is 0 Å². The predicted molar refractivity (Wildman–Crippen MR) is 93.2 cm³/mol. The molecule has 0 fully saturated rings. The van der Waals surface area contributed by atoms with E-state index in [1.807, 2.05) is 12.3 Å². The van der Waals surface area contributed by atoms with Gasteiger partial charge in [0.1, 0.15) is 15.7 Å². The summed E-state index contributed by atoms with van der Waals surface area (Å²) in [5.41, 5.74) is 2.55. The van der Waals surface area contributed by atoms with E-state index < -0.39 is 15.8 Å². The predicted octanol–water partition coefficient (Wildman–Crippen LogP) is 3.71. The van der Waals surface area contributed by atoms with Crippen LogP contribution in [0.1, 0.15) is 11.4 Å². The van der Waals surface area contributed by atoms with Crippen LogP contribution in [-0.2, 0) is 17.1 Å². The Balaban J connectivity index is 2.00. The van der Waals surface area contributed by atoms with Gasteiger partial charge in [0.05, 0.1) is 5.69 Å². The molecule has 0 aliphatic carbocycles. The molecule has 0 spiro atoms.